The van der Waals surface area contributed by atoms with Crippen LogP contribution < -0.4 is 16.2 Å². The molecule has 0 aromatic carbocycles. The van der Waals surface area contributed by atoms with Gasteiger partial charge in [-0.25, -0.2) is 15.0 Å². The van der Waals surface area contributed by atoms with E-state index in [2.05, 4.69) is 31.8 Å². The Bertz CT molecular complexity index is 848. The monoisotopic (exact) mass is 369 g/mol. The van der Waals surface area contributed by atoms with Gasteiger partial charge in [-0.1, -0.05) is 0 Å². The van der Waals surface area contributed by atoms with Crippen molar-refractivity contribution < 1.29 is 0 Å². The van der Waals surface area contributed by atoms with Crippen LogP contribution in [0.3, 0.4) is 0 Å². The first kappa shape index (κ1) is 17.9. The number of rotatable bonds is 5. The van der Waals surface area contributed by atoms with Gasteiger partial charge in [0.2, 0.25) is 0 Å². The number of nitrogen functional groups attached to an aromatic ring is 1. The average Bonchev–Trinajstić information content (AvgIpc) is 3.49. The normalized spacial score (nSPS) is 20.7. The van der Waals surface area contributed by atoms with Crippen LogP contribution in [0, 0.1) is 0 Å². The van der Waals surface area contributed by atoms with Crippen molar-refractivity contribution in [2.75, 3.05) is 30.8 Å². The Balaban J connectivity index is 1.42. The molecule has 8 nitrogen and oxygen atoms in total. The maximum Gasteiger partial charge on any atom is 0.293 e. The van der Waals surface area contributed by atoms with Crippen LogP contribution in [0.1, 0.15) is 44.0 Å². The molecule has 3 heterocycles. The van der Waals surface area contributed by atoms with Crippen molar-refractivity contribution in [1.82, 2.24) is 24.4 Å². The van der Waals surface area contributed by atoms with Gasteiger partial charge in [-0.3, -0.25) is 9.69 Å². The highest BCUT2D eigenvalue weighted by Crippen LogP contribution is 2.33. The van der Waals surface area contributed by atoms with Gasteiger partial charge in [0.1, 0.15) is 11.6 Å². The van der Waals surface area contributed by atoms with Gasteiger partial charge in [0, 0.05) is 43.8 Å². The van der Waals surface area contributed by atoms with Crippen LogP contribution in [0.5, 0.6) is 0 Å². The molecule has 0 bridgehead atoms. The molecule has 2 N–H and O–H groups in total. The van der Waals surface area contributed by atoms with Crippen LogP contribution in [0.25, 0.3) is 0 Å². The van der Waals surface area contributed by atoms with Crippen LogP contribution >= 0.6 is 0 Å². The molecule has 0 unspecified atom stereocenters. The van der Waals surface area contributed by atoms with Crippen LogP contribution in [0.2, 0.25) is 0 Å². The molecule has 0 radical (unpaired) electrons. The molecule has 0 amide bonds. The van der Waals surface area contributed by atoms with Gasteiger partial charge < -0.3 is 15.2 Å². The second-order valence-corrected chi connectivity index (χ2v) is 7.58. The Morgan fingerprint density at radius 1 is 1.19 bits per heavy atom. The third-order valence-corrected chi connectivity index (χ3v) is 5.53. The minimum absolute atomic E-state index is 0.0555. The van der Waals surface area contributed by atoms with Crippen molar-refractivity contribution in [2.45, 2.75) is 50.7 Å². The molecule has 1 atom stereocenters. The molecule has 2 aromatic rings. The number of hydrogen-bond acceptors (Lipinski definition) is 7. The molecule has 8 heteroatoms. The van der Waals surface area contributed by atoms with Crippen molar-refractivity contribution in [3.05, 3.63) is 40.8 Å². The van der Waals surface area contributed by atoms with Gasteiger partial charge >= 0.3 is 0 Å². The Morgan fingerprint density at radius 3 is 2.81 bits per heavy atom. The predicted molar refractivity (Wildman–Crippen MR) is 105 cm³/mol. The van der Waals surface area contributed by atoms with E-state index in [-0.39, 0.29) is 5.56 Å². The largest absolute Gasteiger partial charge is 0.384 e. The Labute approximate surface area is 159 Å². The first-order chi connectivity index (χ1) is 13.1. The fourth-order valence-corrected chi connectivity index (χ4v) is 3.85. The highest BCUT2D eigenvalue weighted by atomic mass is 16.1. The summed E-state index contributed by atoms with van der Waals surface area (Å²) in [7, 11) is 2.10. The van der Waals surface area contributed by atoms with E-state index >= 15 is 0 Å². The summed E-state index contributed by atoms with van der Waals surface area (Å²) < 4.78 is 1.86. The summed E-state index contributed by atoms with van der Waals surface area (Å²) in [4.78, 5) is 30.2. The number of aromatic nitrogens is 4. The molecule has 2 aromatic heterocycles. The first-order valence-corrected chi connectivity index (χ1v) is 9.71. The number of hydrogen-bond donors (Lipinski definition) is 1. The van der Waals surface area contributed by atoms with Gasteiger partial charge in [0.05, 0.1) is 6.54 Å². The number of nitrogens with zero attached hydrogens (tertiary/aromatic N) is 6. The molecule has 2 aliphatic rings. The summed E-state index contributed by atoms with van der Waals surface area (Å²) in [5.41, 5.74) is 5.81. The second-order valence-electron chi connectivity index (χ2n) is 7.58. The Kier molecular flexibility index (Phi) is 5.07. The molecule has 27 heavy (non-hydrogen) atoms. The lowest BCUT2D eigenvalue weighted by molar-refractivity contribution is 0.212. The molecular weight excluding hydrogens is 342 g/mol. The van der Waals surface area contributed by atoms with Crippen molar-refractivity contribution in [1.29, 1.82) is 0 Å². The quantitative estimate of drug-likeness (QED) is 0.852. The predicted octanol–water partition coefficient (Wildman–Crippen LogP) is 1.44. The lowest BCUT2D eigenvalue weighted by atomic mass is 10.1. The zero-order chi connectivity index (χ0) is 18.8. The average molecular weight is 369 g/mol. The summed E-state index contributed by atoms with van der Waals surface area (Å²) in [5.74, 6) is 1.85. The molecular formula is C19H27N7O. The van der Waals surface area contributed by atoms with Crippen LogP contribution in [-0.4, -0.2) is 50.6 Å². The molecule has 4 rings (SSSR count). The maximum absolute atomic E-state index is 12.8. The topological polar surface area (TPSA) is 93.2 Å². The zero-order valence-electron chi connectivity index (χ0n) is 15.8. The summed E-state index contributed by atoms with van der Waals surface area (Å²) in [6.45, 7) is 2.38. The minimum Gasteiger partial charge on any atom is -0.384 e. The zero-order valence-corrected chi connectivity index (χ0v) is 15.8. The van der Waals surface area contributed by atoms with E-state index in [1.165, 1.54) is 0 Å². The molecule has 1 aliphatic carbocycles. The van der Waals surface area contributed by atoms with Crippen molar-refractivity contribution in [3.63, 3.8) is 0 Å². The third kappa shape index (κ3) is 4.10. The highest BCUT2D eigenvalue weighted by Gasteiger charge is 2.27. The third-order valence-electron chi connectivity index (χ3n) is 5.53. The highest BCUT2D eigenvalue weighted by molar-refractivity contribution is 5.36. The smallest absolute Gasteiger partial charge is 0.293 e. The van der Waals surface area contributed by atoms with E-state index in [4.69, 9.17) is 5.73 Å². The lowest BCUT2D eigenvalue weighted by Crippen LogP contribution is -2.36. The van der Waals surface area contributed by atoms with Crippen LogP contribution in [0.4, 0.5) is 11.6 Å². The molecule has 1 saturated heterocycles. The molecule has 0 spiro atoms. The Hall–Kier alpha value is -2.48. The van der Waals surface area contributed by atoms with E-state index in [1.54, 1.807) is 18.5 Å². The molecule has 144 valence electrons. The summed E-state index contributed by atoms with van der Waals surface area (Å²) in [6, 6.07) is 2.51. The summed E-state index contributed by atoms with van der Waals surface area (Å²) >= 11 is 0. The first-order valence-electron chi connectivity index (χ1n) is 9.71. The number of nitrogens with two attached hydrogens (primary N) is 1. The fourth-order valence-electron chi connectivity index (χ4n) is 3.85. The summed E-state index contributed by atoms with van der Waals surface area (Å²) in [5, 5.41) is 0. The molecule has 1 saturated carbocycles. The lowest BCUT2D eigenvalue weighted by Gasteiger charge is -2.26. The van der Waals surface area contributed by atoms with E-state index in [0.717, 1.165) is 51.0 Å². The van der Waals surface area contributed by atoms with E-state index < -0.39 is 0 Å². The van der Waals surface area contributed by atoms with E-state index in [1.807, 2.05) is 10.8 Å². The minimum atomic E-state index is 0.0555. The van der Waals surface area contributed by atoms with Crippen molar-refractivity contribution in [3.8, 4) is 0 Å². The van der Waals surface area contributed by atoms with Gasteiger partial charge in [0.15, 0.2) is 5.82 Å². The van der Waals surface area contributed by atoms with E-state index in [9.17, 15) is 4.79 Å². The standard InChI is InChI=1S/C19H27N7O/c1-24(13-17-21-8-6-16(20)23-17)14-3-2-10-25(11-7-14)18-19(27)26(12-9-22-18)15-4-5-15/h6,8-9,12,14-15H,2-5,7,10-11,13H2,1H3,(H2,20,21,23)/t14-/m1/s1. The maximum atomic E-state index is 12.8. The van der Waals surface area contributed by atoms with Gasteiger partial charge in [-0.2, -0.15) is 0 Å². The SMILES string of the molecule is CN(Cc1nccc(N)n1)[C@@H]1CCCN(c2nccn(C3CC3)c2=O)CC1. The van der Waals surface area contributed by atoms with Gasteiger partial charge in [-0.15, -0.1) is 0 Å². The van der Waals surface area contributed by atoms with E-state index in [0.29, 0.717) is 30.3 Å². The number of anilines is 2. The van der Waals surface area contributed by atoms with Gasteiger partial charge in [0.25, 0.3) is 5.56 Å². The van der Waals surface area contributed by atoms with Crippen LogP contribution in [-0.2, 0) is 6.54 Å². The fraction of sp³-hybridized carbons (Fsp3) is 0.579. The second kappa shape index (κ2) is 7.64. The van der Waals surface area contributed by atoms with Gasteiger partial charge in [-0.05, 0) is 45.2 Å². The van der Waals surface area contributed by atoms with Crippen molar-refractivity contribution in [2.24, 2.45) is 0 Å². The van der Waals surface area contributed by atoms with Crippen LogP contribution in [0.15, 0.2) is 29.5 Å². The Morgan fingerprint density at radius 2 is 2.04 bits per heavy atom. The summed E-state index contributed by atoms with van der Waals surface area (Å²) in [6.07, 6.45) is 10.6. The molecule has 1 aliphatic heterocycles. The molecule has 2 fully saturated rings. The van der Waals surface area contributed by atoms with Crippen molar-refractivity contribution >= 4 is 11.6 Å².